The van der Waals surface area contributed by atoms with Gasteiger partial charge in [0, 0.05) is 16.7 Å². The van der Waals surface area contributed by atoms with E-state index in [1.54, 1.807) is 12.3 Å². The third-order valence-electron chi connectivity index (χ3n) is 2.91. The van der Waals surface area contributed by atoms with Gasteiger partial charge in [-0.25, -0.2) is 0 Å². The number of fused-ring (bicyclic) bond motifs is 1. The first-order chi connectivity index (χ1) is 8.55. The van der Waals surface area contributed by atoms with Crippen molar-refractivity contribution in [1.82, 2.24) is 10.1 Å². The van der Waals surface area contributed by atoms with Crippen LogP contribution < -0.4 is 21.6 Å². The van der Waals surface area contributed by atoms with E-state index in [1.165, 1.54) is 6.26 Å². The van der Waals surface area contributed by atoms with Crippen LogP contribution in [0.3, 0.4) is 0 Å². The van der Waals surface area contributed by atoms with Crippen molar-refractivity contribution in [2.75, 3.05) is 11.1 Å². The zero-order chi connectivity index (χ0) is 12.8. The summed E-state index contributed by atoms with van der Waals surface area (Å²) in [6.45, 7) is 4.25. The van der Waals surface area contributed by atoms with Gasteiger partial charge < -0.3 is 15.6 Å². The minimum atomic E-state index is -0.00400. The molecule has 2 heterocycles. The SMILES string of the molecule is CC1(C)C=c2ncc(Nc3ccon3)c(N)c2=C1. The van der Waals surface area contributed by atoms with Gasteiger partial charge in [-0.1, -0.05) is 25.1 Å². The van der Waals surface area contributed by atoms with Crippen molar-refractivity contribution in [3.05, 3.63) is 29.1 Å². The second-order valence-corrected chi connectivity index (χ2v) is 5.00. The minimum Gasteiger partial charge on any atom is -0.396 e. The minimum absolute atomic E-state index is 0.00400. The van der Waals surface area contributed by atoms with Crippen LogP contribution in [0.1, 0.15) is 13.8 Å². The lowest BCUT2D eigenvalue weighted by atomic mass is 9.96. The smallest absolute Gasteiger partial charge is 0.173 e. The number of aromatic nitrogens is 2. The third-order valence-corrected chi connectivity index (χ3v) is 2.91. The van der Waals surface area contributed by atoms with Gasteiger partial charge in [-0.2, -0.15) is 0 Å². The molecule has 1 aliphatic carbocycles. The highest BCUT2D eigenvalue weighted by Crippen LogP contribution is 2.23. The first-order valence-electron chi connectivity index (χ1n) is 5.73. The molecule has 0 saturated heterocycles. The summed E-state index contributed by atoms with van der Waals surface area (Å²) in [7, 11) is 0. The largest absolute Gasteiger partial charge is 0.396 e. The van der Waals surface area contributed by atoms with Crippen molar-refractivity contribution in [2.24, 2.45) is 5.41 Å². The Balaban J connectivity index is 2.09. The lowest BCUT2D eigenvalue weighted by Crippen LogP contribution is -2.28. The van der Waals surface area contributed by atoms with Crippen molar-refractivity contribution in [3.63, 3.8) is 0 Å². The summed E-state index contributed by atoms with van der Waals surface area (Å²) >= 11 is 0. The number of anilines is 3. The maximum absolute atomic E-state index is 6.16. The standard InChI is InChI=1S/C13H14N4O/c1-13(2)5-8-9(6-13)15-7-10(12(8)14)16-11-3-4-18-17-11/h3-7H,14H2,1-2H3,(H,16,17). The molecule has 0 saturated carbocycles. The highest BCUT2D eigenvalue weighted by atomic mass is 16.5. The van der Waals surface area contributed by atoms with Crippen LogP contribution in [0.15, 0.2) is 23.0 Å². The van der Waals surface area contributed by atoms with E-state index >= 15 is 0 Å². The molecule has 1 aliphatic rings. The predicted molar refractivity (Wildman–Crippen MR) is 70.4 cm³/mol. The summed E-state index contributed by atoms with van der Waals surface area (Å²) in [4.78, 5) is 4.41. The Morgan fingerprint density at radius 3 is 2.89 bits per heavy atom. The van der Waals surface area contributed by atoms with Gasteiger partial charge in [0.05, 0.1) is 22.9 Å². The van der Waals surface area contributed by atoms with E-state index in [0.717, 1.165) is 16.3 Å². The molecule has 0 aromatic carbocycles. The fourth-order valence-corrected chi connectivity index (χ4v) is 2.10. The highest BCUT2D eigenvalue weighted by Gasteiger charge is 2.18. The molecular weight excluding hydrogens is 228 g/mol. The lowest BCUT2D eigenvalue weighted by molar-refractivity contribution is 0.423. The molecule has 5 heteroatoms. The van der Waals surface area contributed by atoms with Crippen LogP contribution in [-0.4, -0.2) is 10.1 Å². The molecule has 0 spiro atoms. The molecular formula is C13H14N4O. The summed E-state index contributed by atoms with van der Waals surface area (Å²) in [6, 6.07) is 1.73. The Bertz CT molecular complexity index is 701. The van der Waals surface area contributed by atoms with Gasteiger partial charge in [-0.3, -0.25) is 4.98 Å². The Hall–Kier alpha value is -2.30. The first kappa shape index (κ1) is 10.8. The van der Waals surface area contributed by atoms with Gasteiger partial charge in [-0.15, -0.1) is 0 Å². The molecule has 2 aromatic heterocycles. The van der Waals surface area contributed by atoms with Crippen molar-refractivity contribution in [3.8, 4) is 0 Å². The van der Waals surface area contributed by atoms with E-state index in [4.69, 9.17) is 10.3 Å². The van der Waals surface area contributed by atoms with Gasteiger partial charge in [0.25, 0.3) is 0 Å². The van der Waals surface area contributed by atoms with Crippen LogP contribution in [-0.2, 0) is 0 Å². The van der Waals surface area contributed by atoms with E-state index in [0.29, 0.717) is 11.5 Å². The van der Waals surface area contributed by atoms with Gasteiger partial charge in [-0.05, 0) is 6.08 Å². The number of nitrogens with one attached hydrogen (secondary N) is 1. The van der Waals surface area contributed by atoms with Crippen LogP contribution in [0.4, 0.5) is 17.2 Å². The van der Waals surface area contributed by atoms with Gasteiger partial charge >= 0.3 is 0 Å². The molecule has 3 N–H and O–H groups in total. The van der Waals surface area contributed by atoms with Crippen molar-refractivity contribution in [1.29, 1.82) is 0 Å². The van der Waals surface area contributed by atoms with Gasteiger partial charge in [0.15, 0.2) is 5.82 Å². The fraction of sp³-hybridized carbons (Fsp3) is 0.231. The zero-order valence-corrected chi connectivity index (χ0v) is 10.3. The third kappa shape index (κ3) is 1.73. The summed E-state index contributed by atoms with van der Waals surface area (Å²) in [5, 5.41) is 8.78. The predicted octanol–water partition coefficient (Wildman–Crippen LogP) is 0.996. The fourth-order valence-electron chi connectivity index (χ4n) is 2.10. The number of nitrogens with two attached hydrogens (primary N) is 1. The van der Waals surface area contributed by atoms with E-state index < -0.39 is 0 Å². The topological polar surface area (TPSA) is 77.0 Å². The second kappa shape index (κ2) is 3.60. The molecule has 0 atom stereocenters. The average molecular weight is 242 g/mol. The Kier molecular flexibility index (Phi) is 2.16. The number of rotatable bonds is 2. The highest BCUT2D eigenvalue weighted by molar-refractivity contribution is 5.74. The number of hydrogen-bond donors (Lipinski definition) is 2. The van der Waals surface area contributed by atoms with Gasteiger partial charge in [0.1, 0.15) is 6.26 Å². The van der Waals surface area contributed by atoms with Crippen LogP contribution in [0.25, 0.3) is 12.2 Å². The van der Waals surface area contributed by atoms with Crippen molar-refractivity contribution >= 4 is 29.3 Å². The number of nitrogens with zero attached hydrogens (tertiary/aromatic N) is 2. The normalized spacial score (nSPS) is 15.7. The van der Waals surface area contributed by atoms with Crippen molar-refractivity contribution < 1.29 is 4.52 Å². The molecule has 3 rings (SSSR count). The van der Waals surface area contributed by atoms with E-state index in [1.807, 2.05) is 0 Å². The van der Waals surface area contributed by atoms with E-state index in [2.05, 4.69) is 41.5 Å². The Labute approximate surface area is 104 Å². The quantitative estimate of drug-likeness (QED) is 0.821. The average Bonchev–Trinajstić information content (AvgIpc) is 2.89. The van der Waals surface area contributed by atoms with Crippen LogP contribution in [0, 0.1) is 5.41 Å². The zero-order valence-electron chi connectivity index (χ0n) is 10.3. The Morgan fingerprint density at radius 2 is 2.17 bits per heavy atom. The maximum Gasteiger partial charge on any atom is 0.173 e. The summed E-state index contributed by atoms with van der Waals surface area (Å²) in [6.07, 6.45) is 7.45. The molecule has 18 heavy (non-hydrogen) atoms. The number of hydrogen-bond acceptors (Lipinski definition) is 5. The molecule has 0 aliphatic heterocycles. The lowest BCUT2D eigenvalue weighted by Gasteiger charge is -2.08. The monoisotopic (exact) mass is 242 g/mol. The molecule has 5 nitrogen and oxygen atoms in total. The molecule has 0 bridgehead atoms. The number of nitrogen functional groups attached to an aromatic ring is 1. The van der Waals surface area contributed by atoms with Crippen molar-refractivity contribution in [2.45, 2.75) is 13.8 Å². The summed E-state index contributed by atoms with van der Waals surface area (Å²) < 4.78 is 4.76. The first-order valence-corrected chi connectivity index (χ1v) is 5.73. The molecule has 0 amide bonds. The van der Waals surface area contributed by atoms with Crippen LogP contribution >= 0.6 is 0 Å². The Morgan fingerprint density at radius 1 is 1.33 bits per heavy atom. The second-order valence-electron chi connectivity index (χ2n) is 5.00. The number of pyridine rings is 1. The molecule has 2 aromatic rings. The maximum atomic E-state index is 6.16. The molecule has 0 fully saturated rings. The van der Waals surface area contributed by atoms with Crippen LogP contribution in [0.5, 0.6) is 0 Å². The van der Waals surface area contributed by atoms with E-state index in [9.17, 15) is 0 Å². The van der Waals surface area contributed by atoms with E-state index in [-0.39, 0.29) is 5.41 Å². The molecule has 0 unspecified atom stereocenters. The summed E-state index contributed by atoms with van der Waals surface area (Å²) in [5.41, 5.74) is 7.58. The molecule has 92 valence electrons. The van der Waals surface area contributed by atoms with Crippen LogP contribution in [0.2, 0.25) is 0 Å². The van der Waals surface area contributed by atoms with Gasteiger partial charge in [0.2, 0.25) is 0 Å². The molecule has 0 radical (unpaired) electrons. The summed E-state index contributed by atoms with van der Waals surface area (Å²) in [5.74, 6) is 0.615.